The topological polar surface area (TPSA) is 49.4 Å². The van der Waals surface area contributed by atoms with Crippen molar-refractivity contribution >= 4 is 33.4 Å². The van der Waals surface area contributed by atoms with Crippen LogP contribution in [0.3, 0.4) is 0 Å². The summed E-state index contributed by atoms with van der Waals surface area (Å²) in [6.07, 6.45) is 0.150. The second-order valence-corrected chi connectivity index (χ2v) is 6.96. The first kappa shape index (κ1) is 17.6. The summed E-state index contributed by atoms with van der Waals surface area (Å²) in [5.74, 6) is -1.13. The Hall–Kier alpha value is -2.21. The van der Waals surface area contributed by atoms with E-state index in [1.807, 2.05) is 24.3 Å². The number of anilines is 1. The Morgan fingerprint density at radius 3 is 2.64 bits per heavy atom. The number of carbonyl (C=O) groups excluding carboxylic acids is 2. The van der Waals surface area contributed by atoms with Crippen LogP contribution in [0.1, 0.15) is 24.9 Å². The van der Waals surface area contributed by atoms with Gasteiger partial charge in [0.1, 0.15) is 5.82 Å². The highest BCUT2D eigenvalue weighted by Crippen LogP contribution is 2.31. The summed E-state index contributed by atoms with van der Waals surface area (Å²) in [4.78, 5) is 26.5. The van der Waals surface area contributed by atoms with Gasteiger partial charge in [0.05, 0.1) is 17.6 Å². The molecule has 0 spiro atoms. The lowest BCUT2D eigenvalue weighted by atomic mass is 10.0. The summed E-state index contributed by atoms with van der Waals surface area (Å²) in [6.45, 7) is 2.05. The maximum absolute atomic E-state index is 13.8. The lowest BCUT2D eigenvalue weighted by Gasteiger charge is -2.20. The molecule has 6 heteroatoms. The van der Waals surface area contributed by atoms with Gasteiger partial charge in [-0.05, 0) is 41.1 Å². The highest BCUT2D eigenvalue weighted by molar-refractivity contribution is 9.10. The minimum Gasteiger partial charge on any atom is -0.349 e. The molecule has 0 aromatic heterocycles. The normalized spacial score (nSPS) is 18.3. The molecule has 25 heavy (non-hydrogen) atoms. The van der Waals surface area contributed by atoms with Gasteiger partial charge in [0, 0.05) is 23.0 Å². The maximum atomic E-state index is 13.8. The number of halogens is 2. The number of nitrogens with zero attached hydrogens (tertiary/aromatic N) is 1. The molecule has 0 radical (unpaired) electrons. The molecule has 1 N–H and O–H groups in total. The fourth-order valence-corrected chi connectivity index (χ4v) is 3.52. The van der Waals surface area contributed by atoms with Crippen molar-refractivity contribution in [3.05, 3.63) is 64.4 Å². The maximum Gasteiger partial charge on any atom is 0.227 e. The van der Waals surface area contributed by atoms with E-state index in [1.54, 1.807) is 30.0 Å². The van der Waals surface area contributed by atoms with Crippen LogP contribution < -0.4 is 10.2 Å². The van der Waals surface area contributed by atoms with Gasteiger partial charge >= 0.3 is 0 Å². The first-order valence-corrected chi connectivity index (χ1v) is 8.86. The van der Waals surface area contributed by atoms with Crippen LogP contribution in [0.15, 0.2) is 53.0 Å². The first-order chi connectivity index (χ1) is 12.0. The molecule has 0 unspecified atom stereocenters. The van der Waals surface area contributed by atoms with Crippen LogP contribution in [0.4, 0.5) is 10.1 Å². The molecule has 2 aromatic rings. The zero-order chi connectivity index (χ0) is 18.0. The van der Waals surface area contributed by atoms with E-state index in [0.717, 1.165) is 10.2 Å². The third-order valence-electron chi connectivity index (χ3n) is 4.37. The molecule has 2 aromatic carbocycles. The Balaban J connectivity index is 1.69. The quantitative estimate of drug-likeness (QED) is 0.841. The molecule has 0 aliphatic carbocycles. The van der Waals surface area contributed by atoms with Gasteiger partial charge < -0.3 is 10.2 Å². The molecule has 1 fully saturated rings. The Labute approximate surface area is 154 Å². The summed E-state index contributed by atoms with van der Waals surface area (Å²) in [7, 11) is 0. The number of carbonyl (C=O) groups is 2. The van der Waals surface area contributed by atoms with E-state index in [4.69, 9.17) is 0 Å². The molecule has 3 rings (SSSR count). The predicted molar refractivity (Wildman–Crippen MR) is 97.6 cm³/mol. The monoisotopic (exact) mass is 404 g/mol. The van der Waals surface area contributed by atoms with Crippen molar-refractivity contribution in [2.45, 2.75) is 19.4 Å². The Kier molecular flexibility index (Phi) is 5.18. The average Bonchev–Trinajstić information content (AvgIpc) is 2.97. The SMILES string of the molecule is C[C@@H](NC(=O)[C@@H]1CC(=O)N(c2ccccc2Br)C1)c1ccccc1F. The van der Waals surface area contributed by atoms with Crippen LogP contribution in [-0.2, 0) is 9.59 Å². The molecule has 2 atom stereocenters. The number of hydrogen-bond acceptors (Lipinski definition) is 2. The molecule has 0 saturated carbocycles. The van der Waals surface area contributed by atoms with Gasteiger partial charge in [0.25, 0.3) is 0 Å². The van der Waals surface area contributed by atoms with E-state index in [0.29, 0.717) is 12.1 Å². The van der Waals surface area contributed by atoms with Gasteiger partial charge in [-0.1, -0.05) is 30.3 Å². The predicted octanol–water partition coefficient (Wildman–Crippen LogP) is 3.82. The number of benzene rings is 2. The van der Waals surface area contributed by atoms with Crippen molar-refractivity contribution in [1.29, 1.82) is 0 Å². The fraction of sp³-hybridized carbons (Fsp3) is 0.263. The van der Waals surface area contributed by atoms with Gasteiger partial charge in [0.2, 0.25) is 11.8 Å². The second kappa shape index (κ2) is 7.35. The largest absolute Gasteiger partial charge is 0.349 e. The van der Waals surface area contributed by atoms with Crippen molar-refractivity contribution in [2.75, 3.05) is 11.4 Å². The third-order valence-corrected chi connectivity index (χ3v) is 5.04. The molecule has 0 bridgehead atoms. The first-order valence-electron chi connectivity index (χ1n) is 8.07. The van der Waals surface area contributed by atoms with Crippen LogP contribution in [0.2, 0.25) is 0 Å². The van der Waals surface area contributed by atoms with Gasteiger partial charge in [-0.25, -0.2) is 4.39 Å². The van der Waals surface area contributed by atoms with Gasteiger partial charge in [-0.2, -0.15) is 0 Å². The van der Waals surface area contributed by atoms with E-state index in [2.05, 4.69) is 21.2 Å². The molecule has 1 saturated heterocycles. The minimum absolute atomic E-state index is 0.0920. The highest BCUT2D eigenvalue weighted by atomic mass is 79.9. The van der Waals surface area contributed by atoms with Gasteiger partial charge in [0.15, 0.2) is 0 Å². The molecular formula is C19H18BrFN2O2. The summed E-state index contributed by atoms with van der Waals surface area (Å²) in [5.41, 5.74) is 1.19. The van der Waals surface area contributed by atoms with Gasteiger partial charge in [-0.15, -0.1) is 0 Å². The highest BCUT2D eigenvalue weighted by Gasteiger charge is 2.36. The average molecular weight is 405 g/mol. The molecule has 1 aliphatic rings. The van der Waals surface area contributed by atoms with E-state index < -0.39 is 12.0 Å². The minimum atomic E-state index is -0.457. The van der Waals surface area contributed by atoms with Crippen molar-refractivity contribution in [2.24, 2.45) is 5.92 Å². The Morgan fingerprint density at radius 1 is 1.24 bits per heavy atom. The van der Waals surface area contributed by atoms with Crippen LogP contribution >= 0.6 is 15.9 Å². The zero-order valence-electron chi connectivity index (χ0n) is 13.7. The molecule has 130 valence electrons. The van der Waals surface area contributed by atoms with E-state index in [-0.39, 0.29) is 24.1 Å². The lowest BCUT2D eigenvalue weighted by Crippen LogP contribution is -2.34. The third kappa shape index (κ3) is 3.74. The number of amides is 2. The molecule has 2 amide bonds. The molecule has 4 nitrogen and oxygen atoms in total. The van der Waals surface area contributed by atoms with Crippen LogP contribution in [0.25, 0.3) is 0 Å². The second-order valence-electron chi connectivity index (χ2n) is 6.11. The van der Waals surface area contributed by atoms with Crippen LogP contribution in [0.5, 0.6) is 0 Å². The zero-order valence-corrected chi connectivity index (χ0v) is 15.3. The van der Waals surface area contributed by atoms with E-state index >= 15 is 0 Å². The number of para-hydroxylation sites is 1. The number of rotatable bonds is 4. The van der Waals surface area contributed by atoms with Crippen molar-refractivity contribution < 1.29 is 14.0 Å². The fourth-order valence-electron chi connectivity index (χ4n) is 3.02. The summed E-state index contributed by atoms with van der Waals surface area (Å²) in [5, 5.41) is 2.82. The van der Waals surface area contributed by atoms with Crippen molar-refractivity contribution in [1.82, 2.24) is 5.32 Å². The molecule has 1 aliphatic heterocycles. The Morgan fingerprint density at radius 2 is 1.92 bits per heavy atom. The standard InChI is InChI=1S/C19H18BrFN2O2/c1-12(14-6-2-4-8-16(14)21)22-19(25)13-10-18(24)23(11-13)17-9-5-3-7-15(17)20/h2-9,12-13H,10-11H2,1H3,(H,22,25)/t12-,13-/m1/s1. The molecular weight excluding hydrogens is 387 g/mol. The van der Waals surface area contributed by atoms with Crippen molar-refractivity contribution in [3.63, 3.8) is 0 Å². The van der Waals surface area contributed by atoms with E-state index in [1.165, 1.54) is 6.07 Å². The summed E-state index contributed by atoms with van der Waals surface area (Å²) >= 11 is 3.43. The number of hydrogen-bond donors (Lipinski definition) is 1. The van der Waals surface area contributed by atoms with Crippen LogP contribution in [0, 0.1) is 11.7 Å². The lowest BCUT2D eigenvalue weighted by molar-refractivity contribution is -0.126. The summed E-state index contributed by atoms with van der Waals surface area (Å²) < 4.78 is 14.6. The summed E-state index contributed by atoms with van der Waals surface area (Å²) in [6, 6.07) is 13.3. The van der Waals surface area contributed by atoms with Crippen LogP contribution in [-0.4, -0.2) is 18.4 Å². The Bertz CT molecular complexity index is 812. The molecule has 1 heterocycles. The van der Waals surface area contributed by atoms with Crippen molar-refractivity contribution in [3.8, 4) is 0 Å². The number of nitrogens with one attached hydrogen (secondary N) is 1. The van der Waals surface area contributed by atoms with E-state index in [9.17, 15) is 14.0 Å². The smallest absolute Gasteiger partial charge is 0.227 e. The van der Waals surface area contributed by atoms with Gasteiger partial charge in [-0.3, -0.25) is 9.59 Å².